The molecule has 27 heavy (non-hydrogen) atoms. The molecule has 0 aliphatic rings. The lowest BCUT2D eigenvalue weighted by molar-refractivity contribution is -0.266. The van der Waals surface area contributed by atoms with Gasteiger partial charge in [0.2, 0.25) is 0 Å². The number of nitrogens with one attached hydrogen (secondary N) is 4. The normalized spacial score (nSPS) is 11.9. The van der Waals surface area contributed by atoms with E-state index in [1.54, 1.807) is 27.0 Å². The summed E-state index contributed by atoms with van der Waals surface area (Å²) >= 11 is 10.2. The number of hydrogen-bond acceptors (Lipinski definition) is 5. The maximum Gasteiger partial charge on any atom is 0.191 e. The highest BCUT2D eigenvalue weighted by Crippen LogP contribution is 2.33. The topological polar surface area (TPSA) is 95.9 Å². The second-order valence-electron chi connectivity index (χ2n) is 5.76. The van der Waals surface area contributed by atoms with Gasteiger partial charge >= 0.3 is 0 Å². The van der Waals surface area contributed by atoms with E-state index in [0.717, 1.165) is 16.3 Å². The first-order valence-electron chi connectivity index (χ1n) is 8.16. The van der Waals surface area contributed by atoms with E-state index >= 15 is 0 Å². The minimum absolute atomic E-state index is 0.126. The maximum absolute atomic E-state index is 12.4. The van der Waals surface area contributed by atoms with Crippen LogP contribution in [0, 0.1) is 6.92 Å². The Morgan fingerprint density at radius 3 is 2.11 bits per heavy atom. The molecule has 2 rings (SSSR count). The fraction of sp³-hybridized carbons (Fsp3) is 0.222. The fourth-order valence-corrected chi connectivity index (χ4v) is 2.47. The van der Waals surface area contributed by atoms with Gasteiger partial charge in [-0.1, -0.05) is 36.1 Å². The molecule has 0 atom stereocenters. The second-order valence-corrected chi connectivity index (χ2v) is 6.58. The van der Waals surface area contributed by atoms with Crippen LogP contribution in [0.1, 0.15) is 19.4 Å². The average Bonchev–Trinajstić information content (AvgIpc) is 2.67. The van der Waals surface area contributed by atoms with Crippen LogP contribution < -0.4 is 26.6 Å². The van der Waals surface area contributed by atoms with E-state index in [2.05, 4.69) is 31.7 Å². The summed E-state index contributed by atoms with van der Waals surface area (Å²) in [6, 6.07) is 9.26. The summed E-state index contributed by atoms with van der Waals surface area (Å²) < 4.78 is 0. The Bertz CT molecular complexity index is 939. The van der Waals surface area contributed by atoms with Crippen LogP contribution in [0.25, 0.3) is 10.8 Å². The van der Waals surface area contributed by atoms with Crippen LogP contribution in [-0.4, -0.2) is 28.7 Å². The number of hydrogen-bond donors (Lipinski definition) is 4. The highest BCUT2D eigenvalue weighted by molar-refractivity contribution is 7.80. The lowest BCUT2D eigenvalue weighted by Gasteiger charge is -2.20. The Hall–Kier alpha value is -2.78. The van der Waals surface area contributed by atoms with Crippen molar-refractivity contribution >= 4 is 62.5 Å². The van der Waals surface area contributed by atoms with Crippen molar-refractivity contribution in [2.24, 2.45) is 10.2 Å². The number of thiocarbonyl (C=S) groups is 2. The summed E-state index contributed by atoms with van der Waals surface area (Å²) in [5, 5.41) is 28.8. The third-order valence-corrected chi connectivity index (χ3v) is 4.34. The van der Waals surface area contributed by atoms with Gasteiger partial charge in [0.05, 0.1) is 11.4 Å². The number of benzene rings is 2. The molecule has 0 saturated heterocycles. The van der Waals surface area contributed by atoms with Gasteiger partial charge in [-0.15, -0.1) is 0 Å². The van der Waals surface area contributed by atoms with Crippen molar-refractivity contribution in [2.75, 3.05) is 12.4 Å². The van der Waals surface area contributed by atoms with Gasteiger partial charge in [-0.05, 0) is 56.2 Å². The number of anilines is 1. The van der Waals surface area contributed by atoms with E-state index in [1.165, 1.54) is 0 Å². The van der Waals surface area contributed by atoms with Gasteiger partial charge in [0.15, 0.2) is 10.2 Å². The summed E-state index contributed by atoms with van der Waals surface area (Å²) in [7, 11) is 1.70. The number of aryl methyl sites for hydroxylation is 1. The Labute approximate surface area is 168 Å². The van der Waals surface area contributed by atoms with E-state index in [-0.39, 0.29) is 10.9 Å². The van der Waals surface area contributed by atoms with Crippen LogP contribution in [0.3, 0.4) is 0 Å². The van der Waals surface area contributed by atoms with E-state index in [9.17, 15) is 5.11 Å². The highest BCUT2D eigenvalue weighted by Gasteiger charge is 2.07. The van der Waals surface area contributed by atoms with Crippen LogP contribution in [0.5, 0.6) is 5.75 Å². The second kappa shape index (κ2) is 9.24. The van der Waals surface area contributed by atoms with Crippen LogP contribution in [0.4, 0.5) is 5.69 Å². The van der Waals surface area contributed by atoms with Crippen molar-refractivity contribution < 1.29 is 5.11 Å². The monoisotopic (exact) mass is 401 g/mol. The zero-order valence-electron chi connectivity index (χ0n) is 15.5. The number of rotatable bonds is 4. The van der Waals surface area contributed by atoms with Crippen molar-refractivity contribution in [2.45, 2.75) is 20.8 Å². The largest absolute Gasteiger partial charge is 0.871 e. The lowest BCUT2D eigenvalue weighted by Crippen LogP contribution is -2.30. The molecule has 0 amide bonds. The van der Waals surface area contributed by atoms with Crippen LogP contribution in [0.2, 0.25) is 0 Å². The first-order valence-corrected chi connectivity index (χ1v) is 8.98. The summed E-state index contributed by atoms with van der Waals surface area (Å²) in [4.78, 5) is 0. The van der Waals surface area contributed by atoms with Crippen LogP contribution in [0.15, 0.2) is 40.5 Å². The molecular formula is C18H21N6OS2-. The third-order valence-electron chi connectivity index (χ3n) is 3.85. The molecule has 0 unspecified atom stereocenters. The molecule has 0 aromatic heterocycles. The van der Waals surface area contributed by atoms with Gasteiger partial charge in [0, 0.05) is 18.1 Å². The van der Waals surface area contributed by atoms with Crippen LogP contribution in [-0.2, 0) is 0 Å². The van der Waals surface area contributed by atoms with Gasteiger partial charge in [-0.2, -0.15) is 10.2 Å². The molecule has 0 spiro atoms. The van der Waals surface area contributed by atoms with E-state index in [4.69, 9.17) is 24.4 Å². The summed E-state index contributed by atoms with van der Waals surface area (Å²) in [5.41, 5.74) is 8.01. The SMILES string of the molecule is CNC(=S)N/N=C(C)\C(C)=N/NC(=S)Nc1c([O-])cc(C)c2ccccc12. The van der Waals surface area contributed by atoms with E-state index in [1.807, 2.05) is 31.2 Å². The lowest BCUT2D eigenvalue weighted by atomic mass is 10.0. The Kier molecular flexibility index (Phi) is 7.03. The Morgan fingerprint density at radius 2 is 1.52 bits per heavy atom. The maximum atomic E-state index is 12.4. The van der Waals surface area contributed by atoms with Crippen molar-refractivity contribution in [3.8, 4) is 5.75 Å². The Balaban J connectivity index is 2.12. The Morgan fingerprint density at radius 1 is 0.963 bits per heavy atom. The molecule has 2 aromatic rings. The first kappa shape index (κ1) is 20.5. The summed E-state index contributed by atoms with van der Waals surface area (Å²) in [6.07, 6.45) is 0. The van der Waals surface area contributed by atoms with Crippen molar-refractivity contribution in [1.82, 2.24) is 16.2 Å². The van der Waals surface area contributed by atoms with Crippen molar-refractivity contribution in [3.05, 3.63) is 35.9 Å². The van der Waals surface area contributed by atoms with Gasteiger partial charge in [-0.3, -0.25) is 10.9 Å². The van der Waals surface area contributed by atoms with E-state index in [0.29, 0.717) is 22.2 Å². The molecule has 0 saturated carbocycles. The number of hydrazone groups is 2. The predicted molar refractivity (Wildman–Crippen MR) is 118 cm³/mol. The zero-order chi connectivity index (χ0) is 20.0. The quantitative estimate of drug-likeness (QED) is 0.355. The first-order chi connectivity index (χ1) is 12.8. The van der Waals surface area contributed by atoms with Gasteiger partial charge in [0.25, 0.3) is 0 Å². The molecule has 142 valence electrons. The number of nitrogens with zero attached hydrogens (tertiary/aromatic N) is 2. The van der Waals surface area contributed by atoms with Gasteiger partial charge in [0.1, 0.15) is 0 Å². The van der Waals surface area contributed by atoms with E-state index < -0.39 is 0 Å². The molecule has 4 N–H and O–H groups in total. The molecule has 0 aliphatic carbocycles. The average molecular weight is 402 g/mol. The molecule has 0 fully saturated rings. The standard InChI is InChI=1S/C18H22N6OS2/c1-10-9-15(25)16(14-8-6-5-7-13(10)14)20-18(27)24-22-12(3)11(2)21-23-17(26)19-4/h5-9,25H,1-4H3,(H2,19,23,26)(H2,20,24,27)/p-1/b21-11-,22-12-. The third kappa shape index (κ3) is 5.35. The van der Waals surface area contributed by atoms with Crippen molar-refractivity contribution in [1.29, 1.82) is 0 Å². The molecule has 9 heteroatoms. The molecular weight excluding hydrogens is 380 g/mol. The molecule has 7 nitrogen and oxygen atoms in total. The van der Waals surface area contributed by atoms with Gasteiger partial charge in [-0.25, -0.2) is 0 Å². The smallest absolute Gasteiger partial charge is 0.191 e. The minimum Gasteiger partial charge on any atom is -0.871 e. The molecule has 0 bridgehead atoms. The molecule has 2 aromatic carbocycles. The predicted octanol–water partition coefficient (Wildman–Crippen LogP) is 2.35. The molecule has 0 heterocycles. The van der Waals surface area contributed by atoms with Crippen LogP contribution >= 0.6 is 24.4 Å². The minimum atomic E-state index is -0.126. The van der Waals surface area contributed by atoms with Crippen molar-refractivity contribution in [3.63, 3.8) is 0 Å². The summed E-state index contributed by atoms with van der Waals surface area (Å²) in [6.45, 7) is 5.47. The zero-order valence-corrected chi connectivity index (χ0v) is 17.1. The fourth-order valence-electron chi connectivity index (χ4n) is 2.28. The molecule has 0 radical (unpaired) electrons. The summed E-state index contributed by atoms with van der Waals surface area (Å²) in [5.74, 6) is -0.126. The highest BCUT2D eigenvalue weighted by atomic mass is 32.1. The van der Waals surface area contributed by atoms with Gasteiger partial charge < -0.3 is 15.7 Å². The number of fused-ring (bicyclic) bond motifs is 1. The molecule has 0 aliphatic heterocycles.